The molecule has 0 spiro atoms. The van der Waals surface area contributed by atoms with Crippen molar-refractivity contribution in [1.82, 2.24) is 4.90 Å². The van der Waals surface area contributed by atoms with Crippen LogP contribution in [0.1, 0.15) is 18.4 Å². The highest BCUT2D eigenvalue weighted by molar-refractivity contribution is 7.99. The predicted octanol–water partition coefficient (Wildman–Crippen LogP) is 1.82. The summed E-state index contributed by atoms with van der Waals surface area (Å²) in [6, 6.07) is 5.88. The van der Waals surface area contributed by atoms with Crippen molar-refractivity contribution < 1.29 is 9.59 Å². The zero-order valence-electron chi connectivity index (χ0n) is 10.3. The molecule has 0 atom stereocenters. The quantitative estimate of drug-likeness (QED) is 0.512. The molecule has 1 heterocycles. The van der Waals surface area contributed by atoms with Gasteiger partial charge in [-0.25, -0.2) is 0 Å². The number of carbonyl (C=O) groups excluding carboxylic acids is 2. The number of nitrogens with two attached hydrogens (primary N) is 1. The van der Waals surface area contributed by atoms with E-state index >= 15 is 0 Å². The predicted molar refractivity (Wildman–Crippen MR) is 72.3 cm³/mol. The second-order valence-electron chi connectivity index (χ2n) is 4.27. The average molecular weight is 264 g/mol. The standard InChI is InChI=1S/C13H16N2O2S/c1-9-3-2-4-10(13(9)14)18-8-7-15-11(16)5-6-12(15)17/h2-4H,5-8,14H2,1H3. The number of nitrogen functional groups attached to an aromatic ring is 1. The molecule has 96 valence electrons. The fourth-order valence-electron chi connectivity index (χ4n) is 1.90. The molecule has 0 unspecified atom stereocenters. The second kappa shape index (κ2) is 5.44. The van der Waals surface area contributed by atoms with Crippen LogP contribution in [-0.4, -0.2) is 29.0 Å². The molecule has 0 aliphatic carbocycles. The lowest BCUT2D eigenvalue weighted by atomic mass is 10.2. The summed E-state index contributed by atoms with van der Waals surface area (Å²) >= 11 is 1.58. The molecule has 0 aromatic heterocycles. The summed E-state index contributed by atoms with van der Waals surface area (Å²) in [6.07, 6.45) is 0.714. The first-order valence-corrected chi connectivity index (χ1v) is 6.89. The highest BCUT2D eigenvalue weighted by Gasteiger charge is 2.28. The van der Waals surface area contributed by atoms with Crippen LogP contribution in [0.3, 0.4) is 0 Å². The molecule has 1 saturated heterocycles. The van der Waals surface area contributed by atoms with Crippen LogP contribution >= 0.6 is 11.8 Å². The summed E-state index contributed by atoms with van der Waals surface area (Å²) in [5, 5.41) is 0. The number of hydrogen-bond acceptors (Lipinski definition) is 4. The average Bonchev–Trinajstić information content (AvgIpc) is 2.66. The maximum atomic E-state index is 11.4. The first-order chi connectivity index (χ1) is 8.59. The van der Waals surface area contributed by atoms with Crippen molar-refractivity contribution in [3.63, 3.8) is 0 Å². The largest absolute Gasteiger partial charge is 0.398 e. The number of imide groups is 1. The van der Waals surface area contributed by atoms with Crippen LogP contribution in [0.25, 0.3) is 0 Å². The number of amides is 2. The molecule has 0 radical (unpaired) electrons. The number of anilines is 1. The van der Waals surface area contributed by atoms with Gasteiger partial charge in [0.25, 0.3) is 0 Å². The molecule has 1 aromatic carbocycles. The summed E-state index contributed by atoms with van der Waals surface area (Å²) < 4.78 is 0. The van der Waals surface area contributed by atoms with Gasteiger partial charge in [0.1, 0.15) is 0 Å². The summed E-state index contributed by atoms with van der Waals surface area (Å²) in [4.78, 5) is 25.2. The fraction of sp³-hybridized carbons (Fsp3) is 0.385. The molecule has 2 rings (SSSR count). The van der Waals surface area contributed by atoms with Crippen molar-refractivity contribution in [1.29, 1.82) is 0 Å². The van der Waals surface area contributed by atoms with Crippen LogP contribution in [0, 0.1) is 6.92 Å². The van der Waals surface area contributed by atoms with Crippen molar-refractivity contribution in [3.8, 4) is 0 Å². The Balaban J connectivity index is 1.91. The first-order valence-electron chi connectivity index (χ1n) is 5.90. The van der Waals surface area contributed by atoms with E-state index in [2.05, 4.69) is 0 Å². The van der Waals surface area contributed by atoms with Gasteiger partial charge < -0.3 is 5.73 Å². The first kappa shape index (κ1) is 13.0. The third-order valence-electron chi connectivity index (χ3n) is 3.01. The zero-order valence-corrected chi connectivity index (χ0v) is 11.1. The number of rotatable bonds is 4. The van der Waals surface area contributed by atoms with Crippen LogP contribution in [0.15, 0.2) is 23.1 Å². The van der Waals surface area contributed by atoms with Gasteiger partial charge in [0.2, 0.25) is 11.8 Å². The lowest BCUT2D eigenvalue weighted by molar-refractivity contribution is -0.137. The number of benzene rings is 1. The van der Waals surface area contributed by atoms with Gasteiger partial charge in [-0.15, -0.1) is 11.8 Å². The third kappa shape index (κ3) is 2.67. The van der Waals surface area contributed by atoms with Gasteiger partial charge in [-0.2, -0.15) is 0 Å². The van der Waals surface area contributed by atoms with Crippen LogP contribution in [0.2, 0.25) is 0 Å². The van der Waals surface area contributed by atoms with Gasteiger partial charge in [-0.05, 0) is 18.6 Å². The van der Waals surface area contributed by atoms with E-state index in [0.717, 1.165) is 16.1 Å². The van der Waals surface area contributed by atoms with Gasteiger partial charge in [0.05, 0.1) is 0 Å². The van der Waals surface area contributed by atoms with E-state index in [1.807, 2.05) is 25.1 Å². The van der Waals surface area contributed by atoms with E-state index in [1.165, 1.54) is 4.90 Å². The van der Waals surface area contributed by atoms with E-state index in [0.29, 0.717) is 25.1 Å². The van der Waals surface area contributed by atoms with E-state index < -0.39 is 0 Å². The lowest BCUT2D eigenvalue weighted by Gasteiger charge is -2.14. The van der Waals surface area contributed by atoms with Crippen LogP contribution in [0.5, 0.6) is 0 Å². The monoisotopic (exact) mass is 264 g/mol. The summed E-state index contributed by atoms with van der Waals surface area (Å²) in [6.45, 7) is 2.43. The van der Waals surface area contributed by atoms with Crippen molar-refractivity contribution in [2.75, 3.05) is 18.0 Å². The zero-order chi connectivity index (χ0) is 13.1. The smallest absolute Gasteiger partial charge is 0.229 e. The van der Waals surface area contributed by atoms with E-state index in [9.17, 15) is 9.59 Å². The maximum absolute atomic E-state index is 11.4. The van der Waals surface area contributed by atoms with Gasteiger partial charge in [0, 0.05) is 35.7 Å². The number of aryl methyl sites for hydroxylation is 1. The summed E-state index contributed by atoms with van der Waals surface area (Å²) in [5.74, 6) is 0.570. The van der Waals surface area contributed by atoms with E-state index in [4.69, 9.17) is 5.73 Å². The number of hydrogen-bond donors (Lipinski definition) is 1. The molecular weight excluding hydrogens is 248 g/mol. The number of nitrogens with zero attached hydrogens (tertiary/aromatic N) is 1. The normalized spacial score (nSPS) is 15.5. The minimum absolute atomic E-state index is 0.0576. The van der Waals surface area contributed by atoms with Crippen molar-refractivity contribution in [3.05, 3.63) is 23.8 Å². The molecule has 2 amide bonds. The maximum Gasteiger partial charge on any atom is 0.229 e. The van der Waals surface area contributed by atoms with Gasteiger partial charge >= 0.3 is 0 Å². The minimum atomic E-state index is -0.0576. The topological polar surface area (TPSA) is 63.4 Å². The van der Waals surface area contributed by atoms with E-state index in [-0.39, 0.29) is 11.8 Å². The van der Waals surface area contributed by atoms with Crippen LogP contribution < -0.4 is 5.73 Å². The Morgan fingerprint density at radius 3 is 2.61 bits per heavy atom. The molecule has 2 N–H and O–H groups in total. The van der Waals surface area contributed by atoms with Crippen LogP contribution in [0.4, 0.5) is 5.69 Å². The number of para-hydroxylation sites is 1. The minimum Gasteiger partial charge on any atom is -0.398 e. The van der Waals surface area contributed by atoms with Crippen LogP contribution in [-0.2, 0) is 9.59 Å². The third-order valence-corrected chi connectivity index (χ3v) is 4.07. The Morgan fingerprint density at radius 1 is 1.28 bits per heavy atom. The summed E-state index contributed by atoms with van der Waals surface area (Å²) in [5.41, 5.74) is 7.79. The number of carbonyl (C=O) groups is 2. The molecule has 1 aliphatic rings. The van der Waals surface area contributed by atoms with Crippen molar-refractivity contribution in [2.24, 2.45) is 0 Å². The Labute approximate surface area is 111 Å². The van der Waals surface area contributed by atoms with E-state index in [1.54, 1.807) is 11.8 Å². The Hall–Kier alpha value is -1.49. The van der Waals surface area contributed by atoms with Crippen molar-refractivity contribution in [2.45, 2.75) is 24.7 Å². The second-order valence-corrected chi connectivity index (χ2v) is 5.41. The fourth-order valence-corrected chi connectivity index (χ4v) is 2.88. The van der Waals surface area contributed by atoms with Crippen molar-refractivity contribution >= 4 is 29.3 Å². The SMILES string of the molecule is Cc1cccc(SCCN2C(=O)CCC2=O)c1N. The molecule has 5 heteroatoms. The van der Waals surface area contributed by atoms with Gasteiger partial charge in [0.15, 0.2) is 0 Å². The molecule has 18 heavy (non-hydrogen) atoms. The molecule has 1 fully saturated rings. The highest BCUT2D eigenvalue weighted by atomic mass is 32.2. The number of thioether (sulfide) groups is 1. The molecule has 0 bridgehead atoms. The Kier molecular flexibility index (Phi) is 3.91. The molecular formula is C13H16N2O2S. The van der Waals surface area contributed by atoms with Gasteiger partial charge in [-0.1, -0.05) is 12.1 Å². The highest BCUT2D eigenvalue weighted by Crippen LogP contribution is 2.27. The molecule has 4 nitrogen and oxygen atoms in total. The van der Waals surface area contributed by atoms with Gasteiger partial charge in [-0.3, -0.25) is 14.5 Å². The molecule has 0 saturated carbocycles. The summed E-state index contributed by atoms with van der Waals surface area (Å²) in [7, 11) is 0. The lowest BCUT2D eigenvalue weighted by Crippen LogP contribution is -2.31. The Bertz CT molecular complexity index is 472. The molecule has 1 aromatic rings. The number of likely N-dealkylation sites (tertiary alicyclic amines) is 1. The Morgan fingerprint density at radius 2 is 1.94 bits per heavy atom. The molecule has 1 aliphatic heterocycles.